The lowest BCUT2D eigenvalue weighted by Gasteiger charge is -2.13. The Kier molecular flexibility index (Phi) is 5.69. The fourth-order valence-corrected chi connectivity index (χ4v) is 3.01. The van der Waals surface area contributed by atoms with E-state index in [1.807, 2.05) is 11.5 Å². The van der Waals surface area contributed by atoms with Crippen LogP contribution in [0.15, 0.2) is 24.8 Å². The summed E-state index contributed by atoms with van der Waals surface area (Å²) in [6, 6.07) is 4.28. The molecule has 24 heavy (non-hydrogen) atoms. The zero-order chi connectivity index (χ0) is 16.8. The molecule has 1 aliphatic heterocycles. The number of nitrogens with one attached hydrogen (secondary N) is 1. The molecule has 0 spiro atoms. The lowest BCUT2D eigenvalue weighted by molar-refractivity contribution is 0.254. The van der Waals surface area contributed by atoms with E-state index in [9.17, 15) is 0 Å². The van der Waals surface area contributed by atoms with Gasteiger partial charge in [0, 0.05) is 30.6 Å². The molecule has 130 valence electrons. The van der Waals surface area contributed by atoms with Crippen molar-refractivity contribution in [3.8, 4) is 11.5 Å². The Hall–Kier alpha value is -2.08. The molecule has 2 heterocycles. The summed E-state index contributed by atoms with van der Waals surface area (Å²) in [4.78, 5) is 0. The molecular weight excluding hydrogens is 304 g/mol. The number of benzene rings is 1. The Balaban J connectivity index is 1.48. The molecule has 6 nitrogen and oxygen atoms in total. The first-order valence-corrected chi connectivity index (χ1v) is 8.74. The number of hydrogen-bond donors (Lipinski definition) is 1. The maximum Gasteiger partial charge on any atom is 0.124 e. The monoisotopic (exact) mass is 330 g/mol. The molecular formula is C18H26N4O2. The molecule has 0 aliphatic carbocycles. The third-order valence-electron chi connectivity index (χ3n) is 4.18. The van der Waals surface area contributed by atoms with Crippen LogP contribution in [-0.2, 0) is 19.5 Å². The molecule has 6 heteroatoms. The molecule has 1 unspecified atom stereocenters. The molecule has 3 rings (SSSR count). The van der Waals surface area contributed by atoms with Crippen LogP contribution in [0.2, 0.25) is 0 Å². The van der Waals surface area contributed by atoms with Crippen LogP contribution in [0.1, 0.15) is 37.8 Å². The van der Waals surface area contributed by atoms with E-state index in [4.69, 9.17) is 9.47 Å². The van der Waals surface area contributed by atoms with Gasteiger partial charge in [0.15, 0.2) is 0 Å². The van der Waals surface area contributed by atoms with Gasteiger partial charge in [0.2, 0.25) is 0 Å². The number of ether oxygens (including phenoxy) is 2. The van der Waals surface area contributed by atoms with E-state index >= 15 is 0 Å². The summed E-state index contributed by atoms with van der Waals surface area (Å²) in [7, 11) is 0. The minimum Gasteiger partial charge on any atom is -0.494 e. The summed E-state index contributed by atoms with van der Waals surface area (Å²) >= 11 is 0. The highest BCUT2D eigenvalue weighted by Crippen LogP contribution is 2.35. The summed E-state index contributed by atoms with van der Waals surface area (Å²) in [6.07, 6.45) is 6.96. The topological polar surface area (TPSA) is 61.2 Å². The molecule has 1 aromatic heterocycles. The molecule has 0 fully saturated rings. The minimum atomic E-state index is 0.260. The van der Waals surface area contributed by atoms with Crippen LogP contribution in [0.5, 0.6) is 11.5 Å². The number of rotatable bonds is 9. The second-order valence-electron chi connectivity index (χ2n) is 6.22. The van der Waals surface area contributed by atoms with Crippen LogP contribution in [-0.4, -0.2) is 34.0 Å². The molecule has 0 radical (unpaired) electrons. The van der Waals surface area contributed by atoms with Crippen molar-refractivity contribution >= 4 is 0 Å². The fraction of sp³-hybridized carbons (Fsp3) is 0.556. The van der Waals surface area contributed by atoms with Crippen molar-refractivity contribution in [3.63, 3.8) is 0 Å². The Morgan fingerprint density at radius 3 is 2.92 bits per heavy atom. The van der Waals surface area contributed by atoms with E-state index in [0.717, 1.165) is 50.4 Å². The first-order valence-electron chi connectivity index (χ1n) is 8.74. The lowest BCUT2D eigenvalue weighted by Crippen LogP contribution is -2.16. The van der Waals surface area contributed by atoms with Crippen molar-refractivity contribution in [2.45, 2.75) is 52.3 Å². The third-order valence-corrected chi connectivity index (χ3v) is 4.18. The first-order chi connectivity index (χ1) is 11.8. The maximum atomic E-state index is 5.87. The van der Waals surface area contributed by atoms with Crippen LogP contribution >= 0.6 is 0 Å². The predicted octanol–water partition coefficient (Wildman–Crippen LogP) is 2.57. The number of aromatic nitrogens is 3. The van der Waals surface area contributed by atoms with E-state index in [1.165, 1.54) is 11.1 Å². The van der Waals surface area contributed by atoms with Crippen molar-refractivity contribution in [1.82, 2.24) is 20.1 Å². The molecule has 1 atom stereocenters. The van der Waals surface area contributed by atoms with Gasteiger partial charge in [0.1, 0.15) is 30.3 Å². The summed E-state index contributed by atoms with van der Waals surface area (Å²) in [5, 5.41) is 11.1. The molecule has 0 bridgehead atoms. The Labute approximate surface area is 143 Å². The van der Waals surface area contributed by atoms with Gasteiger partial charge in [-0.3, -0.25) is 0 Å². The number of aryl methyl sites for hydroxylation is 1. The highest BCUT2D eigenvalue weighted by atomic mass is 16.5. The van der Waals surface area contributed by atoms with E-state index in [-0.39, 0.29) is 6.10 Å². The van der Waals surface area contributed by atoms with Gasteiger partial charge in [-0.15, -0.1) is 10.2 Å². The van der Waals surface area contributed by atoms with Gasteiger partial charge >= 0.3 is 0 Å². The number of nitrogens with zero attached hydrogens (tertiary/aromatic N) is 3. The van der Waals surface area contributed by atoms with Crippen molar-refractivity contribution in [1.29, 1.82) is 0 Å². The first kappa shape index (κ1) is 16.8. The summed E-state index contributed by atoms with van der Waals surface area (Å²) < 4.78 is 13.7. The van der Waals surface area contributed by atoms with Crippen molar-refractivity contribution < 1.29 is 9.47 Å². The molecule has 0 amide bonds. The van der Waals surface area contributed by atoms with Gasteiger partial charge in [0.05, 0.1) is 6.61 Å². The summed E-state index contributed by atoms with van der Waals surface area (Å²) in [5.74, 6) is 1.99. The van der Waals surface area contributed by atoms with Crippen LogP contribution < -0.4 is 14.8 Å². The summed E-state index contributed by atoms with van der Waals surface area (Å²) in [5.41, 5.74) is 2.42. The Morgan fingerprint density at radius 1 is 1.29 bits per heavy atom. The van der Waals surface area contributed by atoms with Gasteiger partial charge < -0.3 is 19.4 Å². The molecule has 1 N–H and O–H groups in total. The SMILES string of the molecule is CCOc1cc2c(cc1CNCCCCn1cnnc1)OC(C)C2. The fourth-order valence-electron chi connectivity index (χ4n) is 3.01. The van der Waals surface area contributed by atoms with Crippen molar-refractivity contribution in [2.75, 3.05) is 13.2 Å². The normalized spacial score (nSPS) is 16.0. The molecule has 0 saturated heterocycles. The number of fused-ring (bicyclic) bond motifs is 1. The summed E-state index contributed by atoms with van der Waals surface area (Å²) in [6.45, 7) is 7.54. The largest absolute Gasteiger partial charge is 0.494 e. The smallest absolute Gasteiger partial charge is 0.124 e. The lowest BCUT2D eigenvalue weighted by atomic mass is 10.1. The molecule has 2 aromatic rings. The standard InChI is InChI=1S/C18H26N4O2/c1-3-23-17-9-15-8-14(2)24-18(15)10-16(17)11-19-6-4-5-7-22-12-20-21-13-22/h9-10,12-14,19H,3-8,11H2,1-2H3. The second-order valence-corrected chi connectivity index (χ2v) is 6.22. The van der Waals surface area contributed by atoms with Gasteiger partial charge in [0.25, 0.3) is 0 Å². The Morgan fingerprint density at radius 2 is 2.12 bits per heavy atom. The molecule has 1 aromatic carbocycles. The van der Waals surface area contributed by atoms with Crippen LogP contribution in [0, 0.1) is 0 Å². The molecule has 1 aliphatic rings. The molecule has 0 saturated carbocycles. The minimum absolute atomic E-state index is 0.260. The number of unbranched alkanes of at least 4 members (excludes halogenated alkanes) is 1. The highest BCUT2D eigenvalue weighted by molar-refractivity contribution is 5.48. The zero-order valence-corrected chi connectivity index (χ0v) is 14.5. The van der Waals surface area contributed by atoms with Crippen molar-refractivity contribution in [2.24, 2.45) is 0 Å². The second kappa shape index (κ2) is 8.15. The third kappa shape index (κ3) is 4.26. The van der Waals surface area contributed by atoms with E-state index < -0.39 is 0 Å². The van der Waals surface area contributed by atoms with E-state index in [0.29, 0.717) is 6.61 Å². The van der Waals surface area contributed by atoms with Crippen LogP contribution in [0.25, 0.3) is 0 Å². The van der Waals surface area contributed by atoms with E-state index in [1.54, 1.807) is 12.7 Å². The van der Waals surface area contributed by atoms with Crippen LogP contribution in [0.4, 0.5) is 0 Å². The Bertz CT molecular complexity index is 643. The average Bonchev–Trinajstić information content (AvgIpc) is 3.19. The van der Waals surface area contributed by atoms with Gasteiger partial charge in [-0.25, -0.2) is 0 Å². The zero-order valence-electron chi connectivity index (χ0n) is 14.5. The van der Waals surface area contributed by atoms with Gasteiger partial charge in [-0.05, 0) is 45.4 Å². The van der Waals surface area contributed by atoms with Gasteiger partial charge in [-0.2, -0.15) is 0 Å². The maximum absolute atomic E-state index is 5.87. The quantitative estimate of drug-likeness (QED) is 0.716. The number of hydrogen-bond acceptors (Lipinski definition) is 5. The van der Waals surface area contributed by atoms with Crippen molar-refractivity contribution in [3.05, 3.63) is 35.9 Å². The predicted molar refractivity (Wildman–Crippen MR) is 92.4 cm³/mol. The average molecular weight is 330 g/mol. The van der Waals surface area contributed by atoms with Crippen LogP contribution in [0.3, 0.4) is 0 Å². The van der Waals surface area contributed by atoms with E-state index in [2.05, 4.69) is 34.6 Å². The highest BCUT2D eigenvalue weighted by Gasteiger charge is 2.21. The van der Waals surface area contributed by atoms with Gasteiger partial charge in [-0.1, -0.05) is 0 Å².